The van der Waals surface area contributed by atoms with Gasteiger partial charge in [-0.15, -0.1) is 0 Å². The average molecular weight is 475 g/mol. The summed E-state index contributed by atoms with van der Waals surface area (Å²) in [6.45, 7) is 4.17. The first-order valence-electron chi connectivity index (χ1n) is 11.0. The Labute approximate surface area is 195 Å². The minimum Gasteiger partial charge on any atom is -0.449 e. The van der Waals surface area contributed by atoms with Crippen LogP contribution in [-0.2, 0) is 11.3 Å². The SMILES string of the molecule is CCC(CC)CC(C(=O)Nc1ccn(CCO)n1)n1ncc(Oc2c(F)cccc2F)cc1=O. The Balaban J connectivity index is 1.87. The van der Waals surface area contributed by atoms with Gasteiger partial charge in [0.05, 0.1) is 19.3 Å². The maximum absolute atomic E-state index is 13.9. The number of hydrogen-bond donors (Lipinski definition) is 2. The minimum atomic E-state index is -0.945. The monoisotopic (exact) mass is 475 g/mol. The summed E-state index contributed by atoms with van der Waals surface area (Å²) >= 11 is 0. The molecule has 1 aromatic carbocycles. The van der Waals surface area contributed by atoms with Gasteiger partial charge in [0.25, 0.3) is 11.5 Å². The molecule has 0 radical (unpaired) electrons. The van der Waals surface area contributed by atoms with Gasteiger partial charge < -0.3 is 15.2 Å². The molecule has 11 heteroatoms. The molecule has 1 atom stereocenters. The van der Waals surface area contributed by atoms with Crippen LogP contribution in [0, 0.1) is 17.6 Å². The van der Waals surface area contributed by atoms with Crippen LogP contribution in [0.25, 0.3) is 0 Å². The number of hydrogen-bond acceptors (Lipinski definition) is 6. The number of para-hydroxylation sites is 1. The van der Waals surface area contributed by atoms with Crippen molar-refractivity contribution in [2.24, 2.45) is 5.92 Å². The number of carbonyl (C=O) groups is 1. The Morgan fingerprint density at radius 2 is 1.91 bits per heavy atom. The number of nitrogens with zero attached hydrogens (tertiary/aromatic N) is 4. The molecule has 3 rings (SSSR count). The third-order valence-electron chi connectivity index (χ3n) is 5.47. The molecule has 2 aromatic heterocycles. The number of aliphatic hydroxyl groups is 1. The number of anilines is 1. The van der Waals surface area contributed by atoms with Gasteiger partial charge in [-0.1, -0.05) is 32.8 Å². The summed E-state index contributed by atoms with van der Waals surface area (Å²) in [5.41, 5.74) is -0.661. The first-order valence-corrected chi connectivity index (χ1v) is 11.0. The van der Waals surface area contributed by atoms with Crippen LogP contribution in [0.5, 0.6) is 11.5 Å². The van der Waals surface area contributed by atoms with Crippen molar-refractivity contribution in [1.82, 2.24) is 19.6 Å². The molecule has 0 aliphatic carbocycles. The van der Waals surface area contributed by atoms with E-state index in [0.717, 1.165) is 41.9 Å². The predicted octanol–water partition coefficient (Wildman–Crippen LogP) is 3.51. The van der Waals surface area contributed by atoms with E-state index in [9.17, 15) is 18.4 Å². The fraction of sp³-hybridized carbons (Fsp3) is 0.391. The van der Waals surface area contributed by atoms with Crippen molar-refractivity contribution < 1.29 is 23.4 Å². The zero-order valence-corrected chi connectivity index (χ0v) is 18.9. The average Bonchev–Trinajstić information content (AvgIpc) is 3.25. The largest absolute Gasteiger partial charge is 0.449 e. The molecule has 0 bridgehead atoms. The fourth-order valence-corrected chi connectivity index (χ4v) is 3.51. The van der Waals surface area contributed by atoms with Crippen LogP contribution in [0.4, 0.5) is 14.6 Å². The smallest absolute Gasteiger partial charge is 0.271 e. The molecule has 182 valence electrons. The summed E-state index contributed by atoms with van der Waals surface area (Å²) in [4.78, 5) is 26.0. The summed E-state index contributed by atoms with van der Waals surface area (Å²) in [7, 11) is 0. The predicted molar refractivity (Wildman–Crippen MR) is 121 cm³/mol. The van der Waals surface area contributed by atoms with Crippen molar-refractivity contribution in [3.05, 3.63) is 64.7 Å². The third kappa shape index (κ3) is 6.04. The minimum absolute atomic E-state index is 0.100. The highest BCUT2D eigenvalue weighted by atomic mass is 19.1. The first-order chi connectivity index (χ1) is 16.4. The quantitative estimate of drug-likeness (QED) is 0.439. The van der Waals surface area contributed by atoms with E-state index in [-0.39, 0.29) is 30.6 Å². The molecule has 1 amide bonds. The molecule has 0 saturated carbocycles. The van der Waals surface area contributed by atoms with Gasteiger partial charge in [0.2, 0.25) is 0 Å². The highest BCUT2D eigenvalue weighted by Crippen LogP contribution is 2.27. The van der Waals surface area contributed by atoms with E-state index in [0.29, 0.717) is 6.42 Å². The number of nitrogens with one attached hydrogen (secondary N) is 1. The summed E-state index contributed by atoms with van der Waals surface area (Å²) in [6.07, 6.45) is 4.70. The van der Waals surface area contributed by atoms with Crippen molar-refractivity contribution in [2.45, 2.75) is 45.7 Å². The van der Waals surface area contributed by atoms with Crippen LogP contribution in [0.1, 0.15) is 39.2 Å². The molecular weight excluding hydrogens is 448 g/mol. The van der Waals surface area contributed by atoms with Gasteiger partial charge in [0, 0.05) is 18.3 Å². The normalized spacial score (nSPS) is 12.1. The number of rotatable bonds is 11. The Kier molecular flexibility index (Phi) is 8.47. The molecule has 3 aromatic rings. The van der Waals surface area contributed by atoms with Gasteiger partial charge in [-0.3, -0.25) is 14.3 Å². The topological polar surface area (TPSA) is 111 Å². The van der Waals surface area contributed by atoms with E-state index in [1.54, 1.807) is 12.3 Å². The Morgan fingerprint density at radius 3 is 2.53 bits per heavy atom. The molecule has 9 nitrogen and oxygen atoms in total. The molecule has 0 saturated heterocycles. The molecule has 1 unspecified atom stereocenters. The van der Waals surface area contributed by atoms with Gasteiger partial charge in [-0.25, -0.2) is 13.5 Å². The van der Waals surface area contributed by atoms with E-state index in [4.69, 9.17) is 9.84 Å². The van der Waals surface area contributed by atoms with Gasteiger partial charge in [-0.2, -0.15) is 10.2 Å². The van der Waals surface area contributed by atoms with Gasteiger partial charge in [0.1, 0.15) is 6.04 Å². The molecule has 0 spiro atoms. The van der Waals surface area contributed by atoms with Crippen molar-refractivity contribution in [1.29, 1.82) is 0 Å². The van der Waals surface area contributed by atoms with Crippen molar-refractivity contribution in [2.75, 3.05) is 11.9 Å². The molecular formula is C23H27F2N5O4. The fourth-order valence-electron chi connectivity index (χ4n) is 3.51. The van der Waals surface area contributed by atoms with Crippen LogP contribution in [0.3, 0.4) is 0 Å². The molecule has 0 aliphatic heterocycles. The molecule has 0 fully saturated rings. The lowest BCUT2D eigenvalue weighted by molar-refractivity contribution is -0.120. The lowest BCUT2D eigenvalue weighted by atomic mass is 9.94. The Hall–Kier alpha value is -3.60. The second-order valence-corrected chi connectivity index (χ2v) is 7.74. The summed E-state index contributed by atoms with van der Waals surface area (Å²) in [5, 5.41) is 19.9. The third-order valence-corrected chi connectivity index (χ3v) is 5.47. The molecule has 0 aliphatic rings. The number of benzene rings is 1. The van der Waals surface area contributed by atoms with E-state index in [2.05, 4.69) is 15.5 Å². The maximum atomic E-state index is 13.9. The second kappa shape index (κ2) is 11.5. The highest BCUT2D eigenvalue weighted by molar-refractivity contribution is 5.92. The van der Waals surface area contributed by atoms with Crippen molar-refractivity contribution in [3.8, 4) is 11.5 Å². The maximum Gasteiger partial charge on any atom is 0.271 e. The number of aromatic nitrogens is 4. The lowest BCUT2D eigenvalue weighted by Crippen LogP contribution is -2.36. The standard InChI is InChI=1S/C23H27F2N5O4/c1-3-15(4-2)12-19(23(33)27-20-8-9-29(28-20)10-11-31)30-21(32)13-16(14-26-30)34-22-17(24)6-5-7-18(22)25/h5-9,13-15,19,31H,3-4,10-12H2,1-2H3,(H,27,28,33). The van der Waals surface area contributed by atoms with Gasteiger partial charge in [0.15, 0.2) is 29.0 Å². The van der Waals surface area contributed by atoms with Gasteiger partial charge in [-0.05, 0) is 24.5 Å². The molecule has 2 N–H and O–H groups in total. The van der Waals surface area contributed by atoms with E-state index in [1.807, 2.05) is 13.8 Å². The van der Waals surface area contributed by atoms with Crippen LogP contribution in [0.2, 0.25) is 0 Å². The summed E-state index contributed by atoms with van der Waals surface area (Å²) in [6, 6.07) is 4.93. The summed E-state index contributed by atoms with van der Waals surface area (Å²) in [5.74, 6) is -2.70. The number of carbonyl (C=O) groups excluding carboxylic acids is 1. The molecule has 34 heavy (non-hydrogen) atoms. The van der Waals surface area contributed by atoms with E-state index < -0.39 is 34.9 Å². The second-order valence-electron chi connectivity index (χ2n) is 7.74. The Bertz CT molecular complexity index is 1160. The summed E-state index contributed by atoms with van der Waals surface area (Å²) < 4.78 is 35.5. The van der Waals surface area contributed by atoms with Crippen LogP contribution in [-0.4, -0.2) is 37.2 Å². The number of aliphatic hydroxyl groups excluding tert-OH is 1. The number of amides is 1. The van der Waals surface area contributed by atoms with Crippen LogP contribution < -0.4 is 15.6 Å². The molecule has 2 heterocycles. The zero-order valence-electron chi connectivity index (χ0n) is 18.9. The van der Waals surface area contributed by atoms with Crippen molar-refractivity contribution >= 4 is 11.7 Å². The number of ether oxygens (including phenoxy) is 1. The number of halogens is 2. The highest BCUT2D eigenvalue weighted by Gasteiger charge is 2.26. The van der Waals surface area contributed by atoms with E-state index in [1.165, 1.54) is 10.7 Å². The van der Waals surface area contributed by atoms with Crippen molar-refractivity contribution in [3.63, 3.8) is 0 Å². The Morgan fingerprint density at radius 1 is 1.21 bits per heavy atom. The zero-order chi connectivity index (χ0) is 24.7. The van der Waals surface area contributed by atoms with Gasteiger partial charge >= 0.3 is 0 Å². The van der Waals surface area contributed by atoms with Crippen LogP contribution >= 0.6 is 0 Å². The van der Waals surface area contributed by atoms with Crippen LogP contribution in [0.15, 0.2) is 47.5 Å². The lowest BCUT2D eigenvalue weighted by Gasteiger charge is -2.22. The first kappa shape index (κ1) is 25.0. The van der Waals surface area contributed by atoms with E-state index >= 15 is 0 Å².